The van der Waals surface area contributed by atoms with Gasteiger partial charge in [0.05, 0.1) is 12.6 Å². The lowest BCUT2D eigenvalue weighted by Gasteiger charge is -2.46. The number of benzene rings is 2. The fourth-order valence-corrected chi connectivity index (χ4v) is 6.32. The third-order valence-corrected chi connectivity index (χ3v) is 8.51. The Morgan fingerprint density at radius 3 is 2.51 bits per heavy atom. The van der Waals surface area contributed by atoms with Gasteiger partial charge in [-0.05, 0) is 92.3 Å². The maximum Gasteiger partial charge on any atom is 0.275 e. The molecule has 216 valence electrons. The number of hydrogen-bond acceptors (Lipinski definition) is 6. The molecule has 5 rings (SSSR count). The SMILES string of the molecule is CCC[C@H](c1ccc(C(=O)NCc2nn[nH]n2)cc1)N1C(=O)C(c2cc(C)cc(F)c2)=NC12CCC(C(C)C)CC2. The number of nitrogens with zero attached hydrogens (tertiary/aromatic N) is 5. The molecule has 41 heavy (non-hydrogen) atoms. The zero-order chi connectivity index (χ0) is 29.1. The van der Waals surface area contributed by atoms with Gasteiger partial charge in [0.15, 0.2) is 5.82 Å². The highest BCUT2D eigenvalue weighted by molar-refractivity contribution is 6.46. The molecule has 2 amide bonds. The average Bonchev–Trinajstić information content (AvgIpc) is 3.57. The summed E-state index contributed by atoms with van der Waals surface area (Å²) in [5.74, 6) is 0.775. The van der Waals surface area contributed by atoms with Crippen LogP contribution in [-0.2, 0) is 11.3 Å². The number of nitrogens with one attached hydrogen (secondary N) is 2. The topological polar surface area (TPSA) is 116 Å². The van der Waals surface area contributed by atoms with Crippen molar-refractivity contribution in [2.24, 2.45) is 16.8 Å². The summed E-state index contributed by atoms with van der Waals surface area (Å²) in [4.78, 5) is 34.1. The number of hydrogen-bond donors (Lipinski definition) is 2. The summed E-state index contributed by atoms with van der Waals surface area (Å²) in [6.45, 7) is 8.60. The van der Waals surface area contributed by atoms with E-state index >= 15 is 0 Å². The van der Waals surface area contributed by atoms with Crippen LogP contribution in [0.4, 0.5) is 4.39 Å². The van der Waals surface area contributed by atoms with Crippen LogP contribution in [0.2, 0.25) is 0 Å². The van der Waals surface area contributed by atoms with Crippen molar-refractivity contribution in [1.82, 2.24) is 30.8 Å². The minimum atomic E-state index is -0.668. The number of carbonyl (C=O) groups excluding carboxylic acids is 2. The lowest BCUT2D eigenvalue weighted by atomic mass is 9.76. The Morgan fingerprint density at radius 2 is 1.90 bits per heavy atom. The first-order valence-electron chi connectivity index (χ1n) is 14.5. The van der Waals surface area contributed by atoms with Crippen LogP contribution in [0.5, 0.6) is 0 Å². The number of aromatic amines is 1. The summed E-state index contributed by atoms with van der Waals surface area (Å²) in [6.07, 6.45) is 5.12. The van der Waals surface area contributed by atoms with Crippen LogP contribution in [0.3, 0.4) is 0 Å². The smallest absolute Gasteiger partial charge is 0.275 e. The summed E-state index contributed by atoms with van der Waals surface area (Å²) in [7, 11) is 0. The first-order chi connectivity index (χ1) is 19.7. The van der Waals surface area contributed by atoms with E-state index in [9.17, 15) is 14.0 Å². The molecule has 10 heteroatoms. The normalized spacial score (nSPS) is 21.4. The molecule has 1 aliphatic carbocycles. The molecule has 1 aromatic heterocycles. The maximum atomic E-state index is 14.4. The van der Waals surface area contributed by atoms with Gasteiger partial charge in [-0.1, -0.05) is 44.5 Å². The van der Waals surface area contributed by atoms with Crippen molar-refractivity contribution in [2.45, 2.75) is 84.5 Å². The first-order valence-corrected chi connectivity index (χ1v) is 14.5. The molecule has 9 nitrogen and oxygen atoms in total. The molecule has 1 saturated carbocycles. The van der Waals surface area contributed by atoms with Crippen molar-refractivity contribution < 1.29 is 14.0 Å². The van der Waals surface area contributed by atoms with E-state index < -0.39 is 5.66 Å². The Labute approximate surface area is 240 Å². The van der Waals surface area contributed by atoms with Crippen LogP contribution >= 0.6 is 0 Å². The number of tetrazole rings is 1. The molecular formula is C31H38FN7O2. The van der Waals surface area contributed by atoms with E-state index in [-0.39, 0.29) is 30.2 Å². The molecule has 3 aromatic rings. The van der Waals surface area contributed by atoms with Crippen molar-refractivity contribution in [1.29, 1.82) is 0 Å². The van der Waals surface area contributed by atoms with Gasteiger partial charge in [0.1, 0.15) is 17.2 Å². The molecule has 0 saturated heterocycles. The fraction of sp³-hybridized carbons (Fsp3) is 0.484. The number of carbonyl (C=O) groups is 2. The molecule has 1 atom stereocenters. The van der Waals surface area contributed by atoms with Crippen LogP contribution in [0, 0.1) is 24.6 Å². The quantitative estimate of drug-likeness (QED) is 0.369. The molecule has 2 N–H and O–H groups in total. The van der Waals surface area contributed by atoms with Crippen LogP contribution in [-0.4, -0.2) is 48.7 Å². The van der Waals surface area contributed by atoms with E-state index in [0.717, 1.165) is 49.7 Å². The number of amides is 2. The Bertz CT molecular complexity index is 1390. The number of halogens is 1. The third kappa shape index (κ3) is 5.92. The van der Waals surface area contributed by atoms with Gasteiger partial charge >= 0.3 is 0 Å². The predicted octanol–water partition coefficient (Wildman–Crippen LogP) is 5.29. The van der Waals surface area contributed by atoms with E-state index in [2.05, 4.69) is 46.7 Å². The van der Waals surface area contributed by atoms with E-state index in [1.807, 2.05) is 30.0 Å². The first kappa shape index (κ1) is 28.6. The Balaban J connectivity index is 1.46. The molecule has 1 spiro atoms. The van der Waals surface area contributed by atoms with Crippen LogP contribution in [0.1, 0.15) is 98.2 Å². The monoisotopic (exact) mass is 559 g/mol. The highest BCUT2D eigenvalue weighted by Gasteiger charge is 2.52. The molecule has 1 fully saturated rings. The molecule has 2 heterocycles. The van der Waals surface area contributed by atoms with Gasteiger partial charge in [0, 0.05) is 11.1 Å². The van der Waals surface area contributed by atoms with Crippen LogP contribution in [0.25, 0.3) is 0 Å². The lowest BCUT2D eigenvalue weighted by molar-refractivity contribution is -0.133. The summed E-state index contributed by atoms with van der Waals surface area (Å²) in [5.41, 5.74) is 2.41. The molecule has 1 aliphatic heterocycles. The standard InChI is InChI=1S/C31H38FN7O2/c1-5-6-26(22-7-9-23(10-8-22)29(40)33-18-27-35-37-38-36-27)39-30(41)28(24-15-20(4)16-25(32)17-24)34-31(39)13-11-21(12-14-31)19(2)3/h7-10,15-17,19,21,26H,5-6,11-14,18H2,1-4H3,(H,33,40)(H,35,36,37,38)/t21?,26-,31?/m1/s1. The van der Waals surface area contributed by atoms with Crippen molar-refractivity contribution in [3.63, 3.8) is 0 Å². The van der Waals surface area contributed by atoms with E-state index in [1.54, 1.807) is 12.1 Å². The zero-order valence-corrected chi connectivity index (χ0v) is 24.2. The fourth-order valence-electron chi connectivity index (χ4n) is 6.32. The van der Waals surface area contributed by atoms with E-state index in [1.165, 1.54) is 12.1 Å². The van der Waals surface area contributed by atoms with Crippen LogP contribution in [0.15, 0.2) is 47.5 Å². The second-order valence-corrected chi connectivity index (χ2v) is 11.7. The van der Waals surface area contributed by atoms with Crippen molar-refractivity contribution in [3.8, 4) is 0 Å². The molecule has 0 unspecified atom stereocenters. The van der Waals surface area contributed by atoms with E-state index in [4.69, 9.17) is 4.99 Å². The number of aromatic nitrogens is 4. The summed E-state index contributed by atoms with van der Waals surface area (Å²) < 4.78 is 14.4. The summed E-state index contributed by atoms with van der Waals surface area (Å²) in [5, 5.41) is 16.4. The van der Waals surface area contributed by atoms with Crippen molar-refractivity contribution >= 4 is 17.5 Å². The number of rotatable bonds is 9. The lowest BCUT2D eigenvalue weighted by Crippen LogP contribution is -2.51. The minimum Gasteiger partial charge on any atom is -0.345 e. The average molecular weight is 560 g/mol. The van der Waals surface area contributed by atoms with Gasteiger partial charge in [0.25, 0.3) is 11.8 Å². The zero-order valence-electron chi connectivity index (χ0n) is 24.2. The van der Waals surface area contributed by atoms with Gasteiger partial charge in [-0.3, -0.25) is 14.6 Å². The van der Waals surface area contributed by atoms with Crippen LogP contribution < -0.4 is 5.32 Å². The Hall–Kier alpha value is -3.95. The number of aliphatic imine (C=N–C) groups is 1. The van der Waals surface area contributed by atoms with Crippen molar-refractivity contribution in [2.75, 3.05) is 0 Å². The summed E-state index contributed by atoms with van der Waals surface area (Å²) in [6, 6.07) is 11.9. The van der Waals surface area contributed by atoms with Gasteiger partial charge < -0.3 is 10.2 Å². The highest BCUT2D eigenvalue weighted by atomic mass is 19.1. The van der Waals surface area contributed by atoms with E-state index in [0.29, 0.717) is 34.5 Å². The third-order valence-electron chi connectivity index (χ3n) is 8.51. The number of H-pyrrole nitrogens is 1. The highest BCUT2D eigenvalue weighted by Crippen LogP contribution is 2.48. The summed E-state index contributed by atoms with van der Waals surface area (Å²) >= 11 is 0. The molecule has 0 radical (unpaired) electrons. The number of aryl methyl sites for hydroxylation is 1. The van der Waals surface area contributed by atoms with Crippen molar-refractivity contribution in [3.05, 3.63) is 76.4 Å². The van der Waals surface area contributed by atoms with Gasteiger partial charge in [-0.25, -0.2) is 4.39 Å². The second kappa shape index (κ2) is 11.9. The van der Waals surface area contributed by atoms with Gasteiger partial charge in [0.2, 0.25) is 0 Å². The predicted molar refractivity (Wildman–Crippen MR) is 153 cm³/mol. The Kier molecular flexibility index (Phi) is 8.28. The van der Waals surface area contributed by atoms with Gasteiger partial charge in [-0.2, -0.15) is 5.21 Å². The maximum absolute atomic E-state index is 14.4. The molecule has 2 aliphatic rings. The second-order valence-electron chi connectivity index (χ2n) is 11.7. The molecule has 2 aromatic carbocycles. The minimum absolute atomic E-state index is 0.154. The van der Waals surface area contributed by atoms with Gasteiger partial charge in [-0.15, -0.1) is 10.2 Å². The molecular weight excluding hydrogens is 521 g/mol. The Morgan fingerprint density at radius 1 is 1.17 bits per heavy atom. The molecule has 0 bridgehead atoms. The largest absolute Gasteiger partial charge is 0.345 e.